The van der Waals surface area contributed by atoms with Crippen molar-refractivity contribution in [3.63, 3.8) is 0 Å². The van der Waals surface area contributed by atoms with Crippen LogP contribution in [0.25, 0.3) is 0 Å². The largest absolute Gasteiger partial charge is 0.393 e. The van der Waals surface area contributed by atoms with Gasteiger partial charge >= 0.3 is 0 Å². The van der Waals surface area contributed by atoms with Gasteiger partial charge in [-0.2, -0.15) is 0 Å². The summed E-state index contributed by atoms with van der Waals surface area (Å²) in [7, 11) is 0. The van der Waals surface area contributed by atoms with Gasteiger partial charge in [0.25, 0.3) is 0 Å². The molecule has 32 heavy (non-hydrogen) atoms. The van der Waals surface area contributed by atoms with E-state index in [-0.39, 0.29) is 34.9 Å². The molecule has 0 radical (unpaired) electrons. The second kappa shape index (κ2) is 7.76. The molecule has 0 saturated heterocycles. The smallest absolute Gasteiger partial charge is 0.163 e. The quantitative estimate of drug-likeness (QED) is 0.484. The maximum Gasteiger partial charge on any atom is 0.163 e. The van der Waals surface area contributed by atoms with Gasteiger partial charge in [-0.3, -0.25) is 4.79 Å². The Morgan fingerprint density at radius 2 is 1.88 bits per heavy atom. The number of ketones is 1. The summed E-state index contributed by atoms with van der Waals surface area (Å²) in [5.41, 5.74) is -1.77. The fourth-order valence-electron chi connectivity index (χ4n) is 7.94. The lowest BCUT2D eigenvalue weighted by atomic mass is 9.47. The minimum atomic E-state index is -1.05. The summed E-state index contributed by atoms with van der Waals surface area (Å²) in [4.78, 5) is 13.1. The van der Waals surface area contributed by atoms with Crippen molar-refractivity contribution in [2.45, 2.75) is 103 Å². The van der Waals surface area contributed by atoms with Gasteiger partial charge < -0.3 is 20.4 Å². The van der Waals surface area contributed by atoms with Gasteiger partial charge in [0.05, 0.1) is 23.4 Å². The highest BCUT2D eigenvalue weighted by Gasteiger charge is 2.66. The highest BCUT2D eigenvalue weighted by molar-refractivity contribution is 5.96. The number of hydrogen-bond acceptors (Lipinski definition) is 5. The minimum Gasteiger partial charge on any atom is -0.393 e. The Labute approximate surface area is 192 Å². The topological polar surface area (TPSA) is 98.0 Å². The average molecular weight is 447 g/mol. The van der Waals surface area contributed by atoms with Crippen LogP contribution in [0.2, 0.25) is 0 Å². The van der Waals surface area contributed by atoms with E-state index in [4.69, 9.17) is 0 Å². The van der Waals surface area contributed by atoms with E-state index >= 15 is 0 Å². The zero-order valence-electron chi connectivity index (χ0n) is 20.3. The molecule has 2 unspecified atom stereocenters. The molecule has 9 atom stereocenters. The zero-order valence-corrected chi connectivity index (χ0v) is 20.3. The highest BCUT2D eigenvalue weighted by atomic mass is 16.3. The maximum absolute atomic E-state index is 13.1. The van der Waals surface area contributed by atoms with Crippen molar-refractivity contribution >= 4 is 5.78 Å². The van der Waals surface area contributed by atoms with Crippen LogP contribution in [-0.2, 0) is 4.79 Å². The molecule has 4 rings (SSSR count). The molecule has 5 heteroatoms. The van der Waals surface area contributed by atoms with Crippen molar-refractivity contribution in [2.75, 3.05) is 0 Å². The molecule has 5 nitrogen and oxygen atoms in total. The van der Waals surface area contributed by atoms with Crippen LogP contribution in [0, 0.1) is 34.5 Å². The summed E-state index contributed by atoms with van der Waals surface area (Å²) >= 11 is 0. The Morgan fingerprint density at radius 3 is 2.53 bits per heavy atom. The van der Waals surface area contributed by atoms with Gasteiger partial charge in [0.1, 0.15) is 0 Å². The summed E-state index contributed by atoms with van der Waals surface area (Å²) < 4.78 is 0. The molecule has 0 amide bonds. The summed E-state index contributed by atoms with van der Waals surface area (Å²) in [6.07, 6.45) is 9.02. The first kappa shape index (κ1) is 24.1. The van der Waals surface area contributed by atoms with E-state index in [1.807, 2.05) is 6.08 Å². The van der Waals surface area contributed by atoms with E-state index in [9.17, 15) is 25.2 Å². The third kappa shape index (κ3) is 3.55. The first-order valence-corrected chi connectivity index (χ1v) is 12.5. The fraction of sp³-hybridized carbons (Fsp3) is 0.815. The molecular formula is C27H42O5. The fourth-order valence-corrected chi connectivity index (χ4v) is 7.94. The number of rotatable bonds is 5. The number of fused-ring (bicyclic) bond motifs is 5. The second-order valence-electron chi connectivity index (χ2n) is 12.4. The van der Waals surface area contributed by atoms with Gasteiger partial charge in [0.2, 0.25) is 0 Å². The van der Waals surface area contributed by atoms with E-state index in [0.29, 0.717) is 25.7 Å². The third-order valence-corrected chi connectivity index (χ3v) is 9.96. The number of aliphatic hydroxyl groups excluding tert-OH is 2. The molecule has 4 N–H and O–H groups in total. The van der Waals surface area contributed by atoms with Crippen molar-refractivity contribution < 1.29 is 25.2 Å². The monoisotopic (exact) mass is 446 g/mol. The summed E-state index contributed by atoms with van der Waals surface area (Å²) in [5, 5.41) is 43.5. The minimum absolute atomic E-state index is 0.00408. The molecule has 0 spiro atoms. The van der Waals surface area contributed by atoms with E-state index < -0.39 is 28.8 Å². The van der Waals surface area contributed by atoms with E-state index in [1.54, 1.807) is 26.0 Å². The van der Waals surface area contributed by atoms with E-state index in [2.05, 4.69) is 20.8 Å². The molecule has 4 aliphatic carbocycles. The van der Waals surface area contributed by atoms with Gasteiger partial charge in [0.15, 0.2) is 5.78 Å². The Balaban J connectivity index is 1.63. The zero-order chi connectivity index (χ0) is 23.7. The Hall–Kier alpha value is -1.01. The summed E-state index contributed by atoms with van der Waals surface area (Å²) in [6, 6.07) is 0. The maximum atomic E-state index is 13.1. The summed E-state index contributed by atoms with van der Waals surface area (Å²) in [6.45, 7) is 9.86. The average Bonchev–Trinajstić information content (AvgIpc) is 2.96. The Kier molecular flexibility index (Phi) is 5.85. The van der Waals surface area contributed by atoms with Crippen molar-refractivity contribution in [1.82, 2.24) is 0 Å². The van der Waals surface area contributed by atoms with Crippen LogP contribution >= 0.6 is 0 Å². The van der Waals surface area contributed by atoms with Crippen molar-refractivity contribution in [2.24, 2.45) is 34.5 Å². The van der Waals surface area contributed by atoms with Crippen LogP contribution < -0.4 is 0 Å². The predicted molar refractivity (Wildman–Crippen MR) is 124 cm³/mol. The lowest BCUT2D eigenvalue weighted by Crippen LogP contribution is -2.59. The van der Waals surface area contributed by atoms with Crippen molar-refractivity contribution in [3.8, 4) is 0 Å². The number of allylic oxidation sites excluding steroid dienone is 2. The van der Waals surface area contributed by atoms with E-state index in [1.165, 1.54) is 0 Å². The van der Waals surface area contributed by atoms with Gasteiger partial charge in [-0.05, 0) is 93.6 Å². The summed E-state index contributed by atoms with van der Waals surface area (Å²) in [5.74, 6) is 0.0323. The molecule has 0 aromatic carbocycles. The lowest BCUT2D eigenvalue weighted by Gasteiger charge is -2.59. The van der Waals surface area contributed by atoms with Crippen LogP contribution in [0.1, 0.15) is 79.6 Å². The van der Waals surface area contributed by atoms with Gasteiger partial charge in [0, 0.05) is 11.3 Å². The van der Waals surface area contributed by atoms with Crippen LogP contribution in [0.15, 0.2) is 23.8 Å². The molecule has 0 bridgehead atoms. The molecule has 2 fully saturated rings. The second-order valence-corrected chi connectivity index (χ2v) is 12.4. The molecule has 2 saturated carbocycles. The van der Waals surface area contributed by atoms with Crippen LogP contribution in [0.4, 0.5) is 0 Å². The molecule has 0 aromatic heterocycles. The third-order valence-electron chi connectivity index (χ3n) is 9.96. The number of carbonyl (C=O) groups excluding carboxylic acids is 1. The lowest BCUT2D eigenvalue weighted by molar-refractivity contribution is -0.134. The normalized spacial score (nSPS) is 45.5. The molecule has 0 heterocycles. The van der Waals surface area contributed by atoms with Crippen LogP contribution in [0.3, 0.4) is 0 Å². The molecule has 0 aromatic rings. The molecular weight excluding hydrogens is 404 g/mol. The molecule has 0 aliphatic heterocycles. The van der Waals surface area contributed by atoms with Gasteiger partial charge in [-0.15, -0.1) is 0 Å². The van der Waals surface area contributed by atoms with Crippen molar-refractivity contribution in [1.29, 1.82) is 0 Å². The van der Waals surface area contributed by atoms with Gasteiger partial charge in [-0.1, -0.05) is 32.9 Å². The van der Waals surface area contributed by atoms with Gasteiger partial charge in [-0.25, -0.2) is 0 Å². The first-order valence-electron chi connectivity index (χ1n) is 12.5. The van der Waals surface area contributed by atoms with Crippen LogP contribution in [0.5, 0.6) is 0 Å². The highest BCUT2D eigenvalue weighted by Crippen LogP contribution is 2.67. The van der Waals surface area contributed by atoms with E-state index in [0.717, 1.165) is 24.8 Å². The number of carbonyl (C=O) groups is 1. The SMILES string of the molecule is CC([C@H](O)CCC(C)(C)O)[C@H]1CC[C@@]2(O)C3=CC(=O)[C@@H]4C=C[C@@H](O)C[C@]4(C)C3CC[C@]12C. The predicted octanol–water partition coefficient (Wildman–Crippen LogP) is 3.54. The first-order chi connectivity index (χ1) is 14.7. The molecule has 4 aliphatic rings. The Morgan fingerprint density at radius 1 is 1.19 bits per heavy atom. The van der Waals surface area contributed by atoms with Crippen molar-refractivity contribution in [3.05, 3.63) is 23.8 Å². The number of aliphatic hydroxyl groups is 4. The molecule has 180 valence electrons. The van der Waals surface area contributed by atoms with Crippen LogP contribution in [-0.4, -0.2) is 49.6 Å². The standard InChI is InChI=1S/C27H42O5/c1-16(22(29)10-11-24(2,3)31)18-9-13-27(32)21-14-23(30)20-7-6-17(28)15-25(20,4)19(21)8-12-26(18,27)5/h6-7,14,16-20,22,28-29,31-32H,8-13,15H2,1-5H3/t16?,17-,18-,19?,20+,22-,25-,26-,27-/m1/s1. The Bertz CT molecular complexity index is 824. The number of hydrogen-bond donors (Lipinski definition) is 4.